The number of aliphatic hydroxyl groups excluding tert-OH is 1. The number of benzene rings is 2. The minimum atomic E-state index is -0.435. The molecule has 0 saturated heterocycles. The molecule has 0 bridgehead atoms. The molecule has 0 fully saturated rings. The first-order chi connectivity index (χ1) is 13.8. The molecule has 29 heavy (non-hydrogen) atoms. The van der Waals surface area contributed by atoms with Gasteiger partial charge in [0.05, 0.1) is 7.11 Å². The molecule has 1 aliphatic heterocycles. The van der Waals surface area contributed by atoms with Crippen LogP contribution in [-0.4, -0.2) is 30.0 Å². The molecular weight excluding hydrogens is 384 g/mol. The third-order valence-corrected chi connectivity index (χ3v) is 6.58. The molecule has 5 heteroatoms. The molecule has 4 nitrogen and oxygen atoms in total. The van der Waals surface area contributed by atoms with Crippen LogP contribution in [0.4, 0.5) is 0 Å². The van der Waals surface area contributed by atoms with Crippen molar-refractivity contribution < 1.29 is 19.4 Å². The monoisotopic (exact) mass is 412 g/mol. The molecule has 2 aromatic carbocycles. The van der Waals surface area contributed by atoms with Gasteiger partial charge in [-0.05, 0) is 61.7 Å². The molecule has 0 amide bonds. The summed E-state index contributed by atoms with van der Waals surface area (Å²) in [5.41, 5.74) is 4.18. The van der Waals surface area contributed by atoms with Crippen molar-refractivity contribution >= 4 is 23.3 Å². The predicted octanol–water partition coefficient (Wildman–Crippen LogP) is 5.63. The Balaban J connectivity index is 1.72. The standard InChI is InChI=1S/C24H28O4S/c1-14-10-15(2)22(16(3)11-14)23-20(25)12-21(28-24(23)26)17(4)13-29-19-8-6-18(27-5)7-9-19/h6-11,17,21,25H,12-13H2,1-5H3. The summed E-state index contributed by atoms with van der Waals surface area (Å²) in [5.74, 6) is 1.41. The van der Waals surface area contributed by atoms with E-state index in [2.05, 4.69) is 6.92 Å². The lowest BCUT2D eigenvalue weighted by molar-refractivity contribution is -0.145. The maximum absolute atomic E-state index is 12.8. The molecule has 2 aromatic rings. The van der Waals surface area contributed by atoms with Crippen LogP contribution in [0.5, 0.6) is 5.75 Å². The van der Waals surface area contributed by atoms with Crippen molar-refractivity contribution in [1.29, 1.82) is 0 Å². The molecule has 1 N–H and O–H groups in total. The highest BCUT2D eigenvalue weighted by Gasteiger charge is 2.34. The lowest BCUT2D eigenvalue weighted by Gasteiger charge is -2.29. The zero-order chi connectivity index (χ0) is 21.1. The summed E-state index contributed by atoms with van der Waals surface area (Å²) in [5, 5.41) is 10.7. The first-order valence-corrected chi connectivity index (χ1v) is 10.8. The van der Waals surface area contributed by atoms with E-state index in [1.165, 1.54) is 0 Å². The van der Waals surface area contributed by atoms with Gasteiger partial charge < -0.3 is 14.6 Å². The van der Waals surface area contributed by atoms with Gasteiger partial charge in [0.2, 0.25) is 0 Å². The fourth-order valence-electron chi connectivity index (χ4n) is 3.79. The molecule has 0 radical (unpaired) electrons. The number of esters is 1. The molecule has 3 rings (SSSR count). The highest BCUT2D eigenvalue weighted by molar-refractivity contribution is 7.99. The van der Waals surface area contributed by atoms with E-state index in [1.807, 2.05) is 57.2 Å². The fraction of sp³-hybridized carbons (Fsp3) is 0.375. The minimum absolute atomic E-state index is 0.106. The van der Waals surface area contributed by atoms with Crippen molar-refractivity contribution in [1.82, 2.24) is 0 Å². The van der Waals surface area contributed by atoms with Gasteiger partial charge in [0.15, 0.2) is 0 Å². The van der Waals surface area contributed by atoms with Crippen LogP contribution in [0.3, 0.4) is 0 Å². The Bertz CT molecular complexity index is 907. The first kappa shape index (κ1) is 21.3. The number of thioether (sulfide) groups is 1. The van der Waals surface area contributed by atoms with E-state index in [9.17, 15) is 9.90 Å². The second-order valence-electron chi connectivity index (χ2n) is 7.71. The normalized spacial score (nSPS) is 17.8. The van der Waals surface area contributed by atoms with Crippen LogP contribution < -0.4 is 4.74 Å². The van der Waals surface area contributed by atoms with Gasteiger partial charge in [-0.15, -0.1) is 11.8 Å². The number of aryl methyl sites for hydroxylation is 3. The van der Waals surface area contributed by atoms with Gasteiger partial charge in [0, 0.05) is 23.0 Å². The van der Waals surface area contributed by atoms with Crippen molar-refractivity contribution in [3.05, 3.63) is 64.4 Å². The Morgan fingerprint density at radius 2 is 1.79 bits per heavy atom. The summed E-state index contributed by atoms with van der Waals surface area (Å²) < 4.78 is 10.9. The van der Waals surface area contributed by atoms with E-state index < -0.39 is 5.97 Å². The van der Waals surface area contributed by atoms with Crippen molar-refractivity contribution in [3.63, 3.8) is 0 Å². The number of carbonyl (C=O) groups excluding carboxylic acids is 1. The van der Waals surface area contributed by atoms with Crippen molar-refractivity contribution in [3.8, 4) is 5.75 Å². The van der Waals surface area contributed by atoms with Gasteiger partial charge in [0.25, 0.3) is 0 Å². The summed E-state index contributed by atoms with van der Waals surface area (Å²) in [6.07, 6.45) is 0.0149. The quantitative estimate of drug-likeness (QED) is 0.492. The minimum Gasteiger partial charge on any atom is -0.511 e. The fourth-order valence-corrected chi connectivity index (χ4v) is 4.79. The molecule has 1 heterocycles. The number of methoxy groups -OCH3 is 1. The summed E-state index contributed by atoms with van der Waals surface area (Å²) in [6, 6.07) is 11.9. The largest absolute Gasteiger partial charge is 0.511 e. The van der Waals surface area contributed by atoms with E-state index in [-0.39, 0.29) is 17.8 Å². The van der Waals surface area contributed by atoms with E-state index in [0.717, 1.165) is 38.7 Å². The zero-order valence-electron chi connectivity index (χ0n) is 17.6. The number of cyclic esters (lactones) is 1. The summed E-state index contributed by atoms with van der Waals surface area (Å²) >= 11 is 1.70. The third-order valence-electron chi connectivity index (χ3n) is 5.28. The Labute approximate surface area is 176 Å². The average Bonchev–Trinajstić information content (AvgIpc) is 2.67. The molecule has 0 aromatic heterocycles. The van der Waals surface area contributed by atoms with Gasteiger partial charge in [-0.2, -0.15) is 0 Å². The van der Waals surface area contributed by atoms with Crippen molar-refractivity contribution in [2.24, 2.45) is 5.92 Å². The van der Waals surface area contributed by atoms with E-state index in [0.29, 0.717) is 12.0 Å². The van der Waals surface area contributed by atoms with Gasteiger partial charge in [-0.1, -0.05) is 24.6 Å². The topological polar surface area (TPSA) is 55.8 Å². The van der Waals surface area contributed by atoms with Crippen LogP contribution in [0.1, 0.15) is 35.6 Å². The molecule has 0 saturated carbocycles. The number of hydrogen-bond donors (Lipinski definition) is 1. The summed E-state index contributed by atoms with van der Waals surface area (Å²) in [6.45, 7) is 8.00. The summed E-state index contributed by atoms with van der Waals surface area (Å²) in [4.78, 5) is 13.9. The maximum Gasteiger partial charge on any atom is 0.342 e. The summed E-state index contributed by atoms with van der Waals surface area (Å²) in [7, 11) is 1.65. The Kier molecular flexibility index (Phi) is 6.58. The first-order valence-electron chi connectivity index (χ1n) is 9.78. The molecule has 1 aliphatic rings. The zero-order valence-corrected chi connectivity index (χ0v) is 18.4. The Morgan fingerprint density at radius 1 is 1.17 bits per heavy atom. The highest BCUT2D eigenvalue weighted by Crippen LogP contribution is 2.35. The number of rotatable bonds is 6. The van der Waals surface area contributed by atoms with Gasteiger partial charge in [-0.25, -0.2) is 4.79 Å². The molecule has 2 unspecified atom stereocenters. The number of ether oxygens (including phenoxy) is 2. The SMILES string of the molecule is COc1ccc(SCC(C)C2CC(O)=C(c3c(C)cc(C)cc3C)C(=O)O2)cc1. The molecule has 0 spiro atoms. The number of aliphatic hydroxyl groups is 1. The maximum atomic E-state index is 12.8. The van der Waals surface area contributed by atoms with Crippen LogP contribution in [0.2, 0.25) is 0 Å². The van der Waals surface area contributed by atoms with E-state index in [1.54, 1.807) is 18.9 Å². The highest BCUT2D eigenvalue weighted by atomic mass is 32.2. The Hall–Kier alpha value is -2.40. The smallest absolute Gasteiger partial charge is 0.342 e. The van der Waals surface area contributed by atoms with Gasteiger partial charge in [0.1, 0.15) is 23.2 Å². The van der Waals surface area contributed by atoms with Crippen LogP contribution in [0.15, 0.2) is 47.1 Å². The van der Waals surface area contributed by atoms with Crippen LogP contribution >= 0.6 is 11.8 Å². The average molecular weight is 413 g/mol. The second kappa shape index (κ2) is 8.95. The van der Waals surface area contributed by atoms with Gasteiger partial charge in [-0.3, -0.25) is 0 Å². The molecule has 2 atom stereocenters. The number of carbonyl (C=O) groups is 1. The second-order valence-corrected chi connectivity index (χ2v) is 8.80. The molecule has 154 valence electrons. The predicted molar refractivity (Wildman–Crippen MR) is 118 cm³/mol. The van der Waals surface area contributed by atoms with E-state index in [4.69, 9.17) is 9.47 Å². The van der Waals surface area contributed by atoms with Gasteiger partial charge >= 0.3 is 5.97 Å². The van der Waals surface area contributed by atoms with Crippen LogP contribution in [0, 0.1) is 26.7 Å². The van der Waals surface area contributed by atoms with E-state index >= 15 is 0 Å². The molecular formula is C24H28O4S. The molecule has 0 aliphatic carbocycles. The lowest BCUT2D eigenvalue weighted by Crippen LogP contribution is -2.32. The third kappa shape index (κ3) is 4.78. The van der Waals surface area contributed by atoms with Crippen LogP contribution in [-0.2, 0) is 9.53 Å². The van der Waals surface area contributed by atoms with Crippen molar-refractivity contribution in [2.75, 3.05) is 12.9 Å². The number of hydrogen-bond acceptors (Lipinski definition) is 5. The van der Waals surface area contributed by atoms with Crippen LogP contribution in [0.25, 0.3) is 5.57 Å². The Morgan fingerprint density at radius 3 is 2.34 bits per heavy atom. The lowest BCUT2D eigenvalue weighted by atomic mass is 9.89. The van der Waals surface area contributed by atoms with Crippen molar-refractivity contribution in [2.45, 2.75) is 45.1 Å².